The lowest BCUT2D eigenvalue weighted by Crippen LogP contribution is -1.95. The first kappa shape index (κ1) is 12.0. The minimum atomic E-state index is -3.86. The third-order valence-corrected chi connectivity index (χ3v) is 3.14. The molecule has 0 aliphatic heterocycles. The number of aryl methyl sites for hydroxylation is 2. The summed E-state index contributed by atoms with van der Waals surface area (Å²) >= 11 is 0. The average molecular weight is 273 g/mol. The van der Waals surface area contributed by atoms with Gasteiger partial charge in [-0.05, 0) is 18.1 Å². The summed E-state index contributed by atoms with van der Waals surface area (Å²) in [7, 11) is 1.25. The maximum Gasteiger partial charge on any atom is 0.298 e. The van der Waals surface area contributed by atoms with Crippen molar-refractivity contribution in [3.05, 3.63) is 35.9 Å². The molecule has 17 heavy (non-hydrogen) atoms. The fraction of sp³-hybridized carbons (Fsp3) is 0.222. The van der Waals surface area contributed by atoms with Gasteiger partial charge in [0.05, 0.1) is 0 Å². The lowest BCUT2D eigenvalue weighted by atomic mass is 10.1. The highest BCUT2D eigenvalue weighted by molar-refractivity contribution is 8.13. The van der Waals surface area contributed by atoms with Gasteiger partial charge in [-0.3, -0.25) is 10.1 Å². The van der Waals surface area contributed by atoms with Gasteiger partial charge < -0.3 is 0 Å². The number of aromatic amines is 1. The molecule has 0 aromatic carbocycles. The van der Waals surface area contributed by atoms with Crippen molar-refractivity contribution < 1.29 is 8.42 Å². The van der Waals surface area contributed by atoms with E-state index >= 15 is 0 Å². The van der Waals surface area contributed by atoms with Crippen molar-refractivity contribution in [1.29, 1.82) is 0 Å². The van der Waals surface area contributed by atoms with Gasteiger partial charge in [0.2, 0.25) is 0 Å². The van der Waals surface area contributed by atoms with Crippen LogP contribution in [0.3, 0.4) is 0 Å². The van der Waals surface area contributed by atoms with Gasteiger partial charge >= 0.3 is 0 Å². The van der Waals surface area contributed by atoms with Crippen LogP contribution in [-0.4, -0.2) is 28.6 Å². The van der Waals surface area contributed by atoms with Gasteiger partial charge in [-0.25, -0.2) is 13.4 Å². The van der Waals surface area contributed by atoms with E-state index in [9.17, 15) is 8.42 Å². The Hall–Kier alpha value is -1.47. The lowest BCUT2D eigenvalue weighted by molar-refractivity contribution is 0.601. The molecule has 0 unspecified atom stereocenters. The molecule has 0 radical (unpaired) electrons. The largest absolute Gasteiger partial charge is 0.298 e. The van der Waals surface area contributed by atoms with Crippen molar-refractivity contribution in [3.63, 3.8) is 0 Å². The van der Waals surface area contributed by atoms with Crippen molar-refractivity contribution >= 4 is 19.7 Å². The molecular weight excluding hydrogens is 264 g/mol. The molecule has 0 saturated heterocycles. The molecule has 2 aromatic heterocycles. The maximum absolute atomic E-state index is 10.9. The predicted molar refractivity (Wildman–Crippen MR) is 61.1 cm³/mol. The molecular formula is C9H9ClN4O2S. The van der Waals surface area contributed by atoms with E-state index in [1.807, 2.05) is 12.1 Å². The SMILES string of the molecule is O=S(=O)(Cl)c1n[nH]c(CCc2cccnc2)n1. The lowest BCUT2D eigenvalue weighted by Gasteiger charge is -1.96. The van der Waals surface area contributed by atoms with E-state index in [0.717, 1.165) is 5.56 Å². The Kier molecular flexibility index (Phi) is 3.39. The zero-order valence-corrected chi connectivity index (χ0v) is 10.2. The van der Waals surface area contributed by atoms with Crippen molar-refractivity contribution in [2.75, 3.05) is 0 Å². The van der Waals surface area contributed by atoms with Crippen LogP contribution in [0.15, 0.2) is 29.7 Å². The summed E-state index contributed by atoms with van der Waals surface area (Å²) in [4.78, 5) is 7.77. The highest BCUT2D eigenvalue weighted by atomic mass is 35.7. The number of nitrogens with zero attached hydrogens (tertiary/aromatic N) is 3. The molecule has 0 saturated carbocycles. The first-order valence-electron chi connectivity index (χ1n) is 4.80. The van der Waals surface area contributed by atoms with Gasteiger partial charge in [0.25, 0.3) is 14.2 Å². The molecule has 0 bridgehead atoms. The Morgan fingerprint density at radius 1 is 1.35 bits per heavy atom. The van der Waals surface area contributed by atoms with Crippen molar-refractivity contribution in [1.82, 2.24) is 20.2 Å². The summed E-state index contributed by atoms with van der Waals surface area (Å²) in [5.41, 5.74) is 1.04. The van der Waals surface area contributed by atoms with Crippen LogP contribution < -0.4 is 0 Å². The van der Waals surface area contributed by atoms with Crippen LogP contribution in [-0.2, 0) is 21.9 Å². The zero-order chi connectivity index (χ0) is 12.3. The number of aromatic nitrogens is 4. The fourth-order valence-electron chi connectivity index (χ4n) is 1.31. The van der Waals surface area contributed by atoms with Gasteiger partial charge in [0.1, 0.15) is 5.82 Å². The predicted octanol–water partition coefficient (Wildman–Crippen LogP) is 0.912. The summed E-state index contributed by atoms with van der Waals surface area (Å²) < 4.78 is 21.9. The van der Waals surface area contributed by atoms with Crippen LogP contribution >= 0.6 is 10.7 Å². The standard InChI is InChI=1S/C9H9ClN4O2S/c10-17(15,16)9-12-8(13-14-9)4-3-7-2-1-5-11-6-7/h1-2,5-6H,3-4H2,(H,12,13,14). The van der Waals surface area contributed by atoms with Crippen LogP contribution in [0.25, 0.3) is 0 Å². The summed E-state index contributed by atoms with van der Waals surface area (Å²) in [6.07, 6.45) is 4.68. The number of hydrogen-bond donors (Lipinski definition) is 1. The van der Waals surface area contributed by atoms with Crippen LogP contribution in [0, 0.1) is 0 Å². The van der Waals surface area contributed by atoms with Crippen molar-refractivity contribution in [3.8, 4) is 0 Å². The Balaban J connectivity index is 2.04. The second-order valence-electron chi connectivity index (χ2n) is 3.36. The normalized spacial score (nSPS) is 11.6. The van der Waals surface area contributed by atoms with Gasteiger partial charge in [0, 0.05) is 29.5 Å². The fourth-order valence-corrected chi connectivity index (χ4v) is 1.89. The first-order chi connectivity index (χ1) is 8.05. The molecule has 8 heteroatoms. The minimum absolute atomic E-state index is 0.389. The highest BCUT2D eigenvalue weighted by Gasteiger charge is 2.16. The third kappa shape index (κ3) is 3.24. The average Bonchev–Trinajstić information content (AvgIpc) is 2.76. The van der Waals surface area contributed by atoms with E-state index in [0.29, 0.717) is 18.7 Å². The van der Waals surface area contributed by atoms with E-state index in [2.05, 4.69) is 20.2 Å². The number of halogens is 1. The number of hydrogen-bond acceptors (Lipinski definition) is 5. The summed E-state index contributed by atoms with van der Waals surface area (Å²) in [6.45, 7) is 0. The maximum atomic E-state index is 10.9. The molecule has 1 N–H and O–H groups in total. The monoisotopic (exact) mass is 272 g/mol. The number of rotatable bonds is 4. The molecule has 0 atom stereocenters. The number of H-pyrrole nitrogens is 1. The molecule has 2 aromatic rings. The highest BCUT2D eigenvalue weighted by Crippen LogP contribution is 2.09. The van der Waals surface area contributed by atoms with E-state index in [-0.39, 0.29) is 5.16 Å². The van der Waals surface area contributed by atoms with E-state index < -0.39 is 9.05 Å². The van der Waals surface area contributed by atoms with Crippen LogP contribution in [0.2, 0.25) is 0 Å². The Morgan fingerprint density at radius 2 is 2.18 bits per heavy atom. The molecule has 0 spiro atoms. The van der Waals surface area contributed by atoms with Crippen LogP contribution in [0.4, 0.5) is 0 Å². The van der Waals surface area contributed by atoms with Crippen LogP contribution in [0.5, 0.6) is 0 Å². The zero-order valence-electron chi connectivity index (χ0n) is 8.67. The Morgan fingerprint density at radius 3 is 2.76 bits per heavy atom. The first-order valence-corrected chi connectivity index (χ1v) is 7.11. The van der Waals surface area contributed by atoms with E-state index in [1.54, 1.807) is 12.4 Å². The van der Waals surface area contributed by atoms with Crippen molar-refractivity contribution in [2.24, 2.45) is 0 Å². The van der Waals surface area contributed by atoms with Gasteiger partial charge in [0.15, 0.2) is 0 Å². The second-order valence-corrected chi connectivity index (χ2v) is 5.82. The molecule has 90 valence electrons. The van der Waals surface area contributed by atoms with E-state index in [1.165, 1.54) is 0 Å². The van der Waals surface area contributed by atoms with Crippen molar-refractivity contribution in [2.45, 2.75) is 18.0 Å². The Bertz CT molecular complexity index is 596. The van der Waals surface area contributed by atoms with Crippen LogP contribution in [0.1, 0.15) is 11.4 Å². The Labute approximate surface area is 102 Å². The van der Waals surface area contributed by atoms with Gasteiger partial charge in [-0.1, -0.05) is 6.07 Å². The van der Waals surface area contributed by atoms with Gasteiger partial charge in [-0.15, -0.1) is 5.10 Å². The summed E-state index contributed by atoms with van der Waals surface area (Å²) in [5.74, 6) is 0.480. The molecule has 0 amide bonds. The smallest absolute Gasteiger partial charge is 0.264 e. The minimum Gasteiger partial charge on any atom is -0.264 e. The third-order valence-electron chi connectivity index (χ3n) is 2.10. The molecule has 2 heterocycles. The number of pyridine rings is 1. The van der Waals surface area contributed by atoms with E-state index in [4.69, 9.17) is 10.7 Å². The molecule has 0 aliphatic rings. The summed E-state index contributed by atoms with van der Waals surface area (Å²) in [6, 6.07) is 3.77. The number of nitrogens with one attached hydrogen (secondary N) is 1. The molecule has 0 fully saturated rings. The van der Waals surface area contributed by atoms with Gasteiger partial charge in [-0.2, -0.15) is 0 Å². The molecule has 2 rings (SSSR count). The quantitative estimate of drug-likeness (QED) is 0.836. The molecule has 6 nitrogen and oxygen atoms in total. The second kappa shape index (κ2) is 4.80. The molecule has 0 aliphatic carbocycles. The summed E-state index contributed by atoms with van der Waals surface area (Å²) in [5, 5.41) is 5.68. The topological polar surface area (TPSA) is 88.6 Å².